The number of hydrogen-bond acceptors (Lipinski definition) is 5. The minimum Gasteiger partial charge on any atom is -0.490 e. The van der Waals surface area contributed by atoms with Gasteiger partial charge in [-0.05, 0) is 73.5 Å². The van der Waals surface area contributed by atoms with E-state index in [1.165, 1.54) is 4.90 Å². The maximum atomic E-state index is 12.9. The second-order valence-corrected chi connectivity index (χ2v) is 8.67. The molecule has 2 amide bonds. The smallest absolute Gasteiger partial charge is 0.293 e. The molecule has 1 aliphatic heterocycles. The lowest BCUT2D eigenvalue weighted by Crippen LogP contribution is -2.27. The summed E-state index contributed by atoms with van der Waals surface area (Å²) in [5, 5.41) is -0.276. The molecule has 0 unspecified atom stereocenters. The summed E-state index contributed by atoms with van der Waals surface area (Å²) in [7, 11) is 0. The van der Waals surface area contributed by atoms with Gasteiger partial charge in [0.1, 0.15) is 0 Å². The summed E-state index contributed by atoms with van der Waals surface area (Å²) >= 11 is 4.34. The molecule has 0 saturated carbocycles. The molecular weight excluding hydrogens is 478 g/mol. The summed E-state index contributed by atoms with van der Waals surface area (Å²) in [6, 6.07) is 11.3. The molecule has 1 aliphatic rings. The van der Waals surface area contributed by atoms with Crippen molar-refractivity contribution < 1.29 is 19.1 Å². The normalized spacial score (nSPS) is 14.9. The predicted molar refractivity (Wildman–Crippen MR) is 128 cm³/mol. The Morgan fingerprint density at radius 1 is 1.10 bits per heavy atom. The largest absolute Gasteiger partial charge is 0.490 e. The Labute approximate surface area is 195 Å². The summed E-state index contributed by atoms with van der Waals surface area (Å²) in [5.41, 5.74) is 2.58. The molecule has 0 bridgehead atoms. The number of allylic oxidation sites excluding steroid dienone is 1. The first-order valence-electron chi connectivity index (χ1n) is 10.00. The van der Waals surface area contributed by atoms with Crippen molar-refractivity contribution in [3.8, 4) is 11.5 Å². The number of nitrogens with zero attached hydrogens (tertiary/aromatic N) is 1. The molecule has 7 heteroatoms. The first kappa shape index (κ1) is 23.2. The molecule has 0 radical (unpaired) electrons. The highest BCUT2D eigenvalue weighted by Gasteiger charge is 2.35. The van der Waals surface area contributed by atoms with Crippen LogP contribution in [0, 0.1) is 0 Å². The molecule has 162 valence electrons. The molecule has 3 rings (SSSR count). The second-order valence-electron chi connectivity index (χ2n) is 6.76. The van der Waals surface area contributed by atoms with E-state index in [0.717, 1.165) is 32.9 Å². The lowest BCUT2D eigenvalue weighted by Gasteiger charge is -2.16. The topological polar surface area (TPSA) is 55.8 Å². The molecule has 2 aromatic rings. The Balaban J connectivity index is 1.91. The highest BCUT2D eigenvalue weighted by Crippen LogP contribution is 2.37. The number of imide groups is 1. The summed E-state index contributed by atoms with van der Waals surface area (Å²) in [6.07, 6.45) is 4.13. The van der Waals surface area contributed by atoms with Crippen molar-refractivity contribution in [2.24, 2.45) is 0 Å². The van der Waals surface area contributed by atoms with Crippen LogP contribution in [0.3, 0.4) is 0 Å². The van der Waals surface area contributed by atoms with Crippen LogP contribution < -0.4 is 9.47 Å². The third-order valence-electron chi connectivity index (χ3n) is 4.53. The van der Waals surface area contributed by atoms with Crippen LogP contribution in [0.2, 0.25) is 0 Å². The van der Waals surface area contributed by atoms with Crippen LogP contribution in [0.15, 0.2) is 58.4 Å². The Hall–Kier alpha value is -2.51. The second kappa shape index (κ2) is 10.7. The molecule has 5 nitrogen and oxygen atoms in total. The van der Waals surface area contributed by atoms with Crippen molar-refractivity contribution in [2.75, 3.05) is 13.2 Å². The predicted octanol–water partition coefficient (Wildman–Crippen LogP) is 6.21. The Bertz CT molecular complexity index is 1020. The fourth-order valence-corrected chi connectivity index (χ4v) is 4.31. The zero-order valence-electron chi connectivity index (χ0n) is 17.5. The van der Waals surface area contributed by atoms with E-state index in [4.69, 9.17) is 9.47 Å². The van der Waals surface area contributed by atoms with Gasteiger partial charge in [0.2, 0.25) is 0 Å². The van der Waals surface area contributed by atoms with E-state index < -0.39 is 0 Å². The van der Waals surface area contributed by atoms with E-state index >= 15 is 0 Å². The number of ether oxygens (including phenoxy) is 2. The zero-order valence-corrected chi connectivity index (χ0v) is 19.9. The molecule has 0 aromatic heterocycles. The number of hydrogen-bond donors (Lipinski definition) is 0. The number of thioether (sulfide) groups is 1. The average Bonchev–Trinajstić information content (AvgIpc) is 3.00. The minimum atomic E-state index is -0.296. The van der Waals surface area contributed by atoms with Crippen molar-refractivity contribution in [2.45, 2.75) is 26.8 Å². The van der Waals surface area contributed by atoms with E-state index in [1.54, 1.807) is 12.2 Å². The van der Waals surface area contributed by atoms with Gasteiger partial charge in [-0.15, -0.1) is 6.58 Å². The van der Waals surface area contributed by atoms with E-state index in [2.05, 4.69) is 22.5 Å². The number of rotatable bonds is 9. The van der Waals surface area contributed by atoms with Crippen LogP contribution in [0.1, 0.15) is 30.5 Å². The first-order chi connectivity index (χ1) is 15.0. The molecule has 1 fully saturated rings. The van der Waals surface area contributed by atoms with Crippen LogP contribution in [0.5, 0.6) is 11.5 Å². The molecule has 0 atom stereocenters. The molecule has 1 saturated heterocycles. The standard InChI is InChI=1S/C24H24BrNO4S/c1-4-7-18-12-17(13-20(29-5-2)22(18)30-6-3)14-21-23(27)26(24(28)31-21)15-16-8-10-19(25)11-9-16/h4,8-14H,1,5-7,15H2,2-3H3/b21-14+. The lowest BCUT2D eigenvalue weighted by atomic mass is 10.0. The van der Waals surface area contributed by atoms with E-state index in [-0.39, 0.29) is 17.7 Å². The summed E-state index contributed by atoms with van der Waals surface area (Å²) in [5.74, 6) is 1.00. The van der Waals surface area contributed by atoms with E-state index in [0.29, 0.717) is 36.0 Å². The number of carbonyl (C=O) groups is 2. The fourth-order valence-electron chi connectivity index (χ4n) is 3.20. The van der Waals surface area contributed by atoms with Gasteiger partial charge >= 0.3 is 0 Å². The van der Waals surface area contributed by atoms with Crippen molar-refractivity contribution in [3.63, 3.8) is 0 Å². The van der Waals surface area contributed by atoms with Crippen LogP contribution in [-0.4, -0.2) is 29.3 Å². The van der Waals surface area contributed by atoms with Gasteiger partial charge in [-0.3, -0.25) is 14.5 Å². The lowest BCUT2D eigenvalue weighted by molar-refractivity contribution is -0.123. The van der Waals surface area contributed by atoms with Crippen molar-refractivity contribution in [1.29, 1.82) is 0 Å². The van der Waals surface area contributed by atoms with Gasteiger partial charge in [-0.25, -0.2) is 0 Å². The maximum Gasteiger partial charge on any atom is 0.293 e. The molecular formula is C24H24BrNO4S. The Morgan fingerprint density at radius 3 is 2.45 bits per heavy atom. The molecule has 0 aliphatic carbocycles. The summed E-state index contributed by atoms with van der Waals surface area (Å²) in [6.45, 7) is 8.88. The number of amides is 2. The number of carbonyl (C=O) groups excluding carboxylic acids is 2. The SMILES string of the molecule is C=CCc1cc(/C=C2/SC(=O)N(Cc3ccc(Br)cc3)C2=O)cc(OCC)c1OCC. The van der Waals surface area contributed by atoms with Crippen LogP contribution >= 0.6 is 27.7 Å². The van der Waals surface area contributed by atoms with Crippen molar-refractivity contribution in [1.82, 2.24) is 4.90 Å². The average molecular weight is 502 g/mol. The van der Waals surface area contributed by atoms with Gasteiger partial charge in [0.15, 0.2) is 11.5 Å². The van der Waals surface area contributed by atoms with Crippen LogP contribution in [0.4, 0.5) is 4.79 Å². The van der Waals surface area contributed by atoms with Gasteiger partial charge in [-0.2, -0.15) is 0 Å². The third kappa shape index (κ3) is 5.60. The number of halogens is 1. The van der Waals surface area contributed by atoms with Gasteiger partial charge in [0.05, 0.1) is 24.7 Å². The van der Waals surface area contributed by atoms with Crippen LogP contribution in [0.25, 0.3) is 6.08 Å². The van der Waals surface area contributed by atoms with Gasteiger partial charge in [0.25, 0.3) is 11.1 Å². The monoisotopic (exact) mass is 501 g/mol. The third-order valence-corrected chi connectivity index (χ3v) is 5.97. The maximum absolute atomic E-state index is 12.9. The van der Waals surface area contributed by atoms with Gasteiger partial charge < -0.3 is 9.47 Å². The fraction of sp³-hybridized carbons (Fsp3) is 0.250. The summed E-state index contributed by atoms with van der Waals surface area (Å²) in [4.78, 5) is 27.1. The first-order valence-corrected chi connectivity index (χ1v) is 11.6. The van der Waals surface area contributed by atoms with Crippen LogP contribution in [-0.2, 0) is 17.8 Å². The molecule has 1 heterocycles. The number of benzene rings is 2. The Morgan fingerprint density at radius 2 is 1.81 bits per heavy atom. The summed E-state index contributed by atoms with van der Waals surface area (Å²) < 4.78 is 12.5. The molecule has 31 heavy (non-hydrogen) atoms. The molecule has 0 N–H and O–H groups in total. The van der Waals surface area contributed by atoms with Crippen molar-refractivity contribution >= 4 is 44.9 Å². The van der Waals surface area contributed by atoms with Gasteiger partial charge in [0, 0.05) is 10.0 Å². The Kier molecular flexibility index (Phi) is 7.98. The minimum absolute atomic E-state index is 0.241. The van der Waals surface area contributed by atoms with E-state index in [9.17, 15) is 9.59 Å². The van der Waals surface area contributed by atoms with Gasteiger partial charge in [-0.1, -0.05) is 34.1 Å². The highest BCUT2D eigenvalue weighted by atomic mass is 79.9. The molecule has 0 spiro atoms. The zero-order chi connectivity index (χ0) is 22.4. The highest BCUT2D eigenvalue weighted by molar-refractivity contribution is 9.10. The quantitative estimate of drug-likeness (QED) is 0.301. The van der Waals surface area contributed by atoms with E-state index in [1.807, 2.05) is 50.2 Å². The van der Waals surface area contributed by atoms with Crippen molar-refractivity contribution in [3.05, 3.63) is 75.1 Å². The molecule has 2 aromatic carbocycles.